The molecule has 2 aromatic rings. The van der Waals surface area contributed by atoms with Crippen molar-refractivity contribution in [2.45, 2.75) is 25.7 Å². The Labute approximate surface area is 98.9 Å². The van der Waals surface area contributed by atoms with E-state index >= 15 is 0 Å². The Morgan fingerprint density at radius 3 is 2.76 bits per heavy atom. The van der Waals surface area contributed by atoms with Crippen molar-refractivity contribution in [1.29, 1.82) is 0 Å². The summed E-state index contributed by atoms with van der Waals surface area (Å²) in [6.45, 7) is 3.98. The molecule has 1 atom stereocenters. The number of imidazole rings is 1. The minimum Gasteiger partial charge on any atom is -0.481 e. The van der Waals surface area contributed by atoms with Gasteiger partial charge in [-0.25, -0.2) is 4.98 Å². The molecule has 0 aromatic carbocycles. The molecule has 0 bridgehead atoms. The lowest BCUT2D eigenvalue weighted by molar-refractivity contribution is -0.141. The number of nitrogens with zero attached hydrogens (tertiary/aromatic N) is 2. The second-order valence-electron chi connectivity index (χ2n) is 5.34. The Morgan fingerprint density at radius 2 is 2.18 bits per heavy atom. The fraction of sp³-hybridized carbons (Fsp3) is 0.385. The topological polar surface area (TPSA) is 54.6 Å². The summed E-state index contributed by atoms with van der Waals surface area (Å²) < 4.78 is 1.88. The van der Waals surface area contributed by atoms with Gasteiger partial charge in [0.15, 0.2) is 0 Å². The number of hydrogen-bond acceptors (Lipinski definition) is 2. The van der Waals surface area contributed by atoms with Gasteiger partial charge in [-0.3, -0.25) is 4.79 Å². The number of carboxylic acids is 1. The van der Waals surface area contributed by atoms with Crippen molar-refractivity contribution in [3.63, 3.8) is 0 Å². The molecule has 2 aromatic heterocycles. The quantitative estimate of drug-likeness (QED) is 0.859. The summed E-state index contributed by atoms with van der Waals surface area (Å²) in [7, 11) is 0. The van der Waals surface area contributed by atoms with E-state index in [1.165, 1.54) is 0 Å². The Hall–Kier alpha value is -1.84. The van der Waals surface area contributed by atoms with Crippen LogP contribution in [0.5, 0.6) is 0 Å². The number of aromatic nitrogens is 2. The smallest absolute Gasteiger partial charge is 0.316 e. The Bertz CT molecular complexity index is 615. The molecule has 1 N–H and O–H groups in total. The summed E-state index contributed by atoms with van der Waals surface area (Å²) in [6, 6.07) is 5.68. The van der Waals surface area contributed by atoms with Crippen LogP contribution in [0.1, 0.15) is 26.0 Å². The average Bonchev–Trinajstić information content (AvgIpc) is 2.70. The van der Waals surface area contributed by atoms with E-state index in [-0.39, 0.29) is 5.41 Å². The molecule has 0 saturated heterocycles. The molecule has 0 amide bonds. The van der Waals surface area contributed by atoms with E-state index in [1.54, 1.807) is 6.20 Å². The van der Waals surface area contributed by atoms with Gasteiger partial charge < -0.3 is 9.51 Å². The molecule has 0 spiro atoms. The highest BCUT2D eigenvalue weighted by atomic mass is 16.4. The fourth-order valence-electron chi connectivity index (χ4n) is 2.78. The maximum Gasteiger partial charge on any atom is 0.316 e. The lowest BCUT2D eigenvalue weighted by atomic mass is 9.93. The van der Waals surface area contributed by atoms with E-state index in [0.29, 0.717) is 6.42 Å². The maximum atomic E-state index is 11.6. The van der Waals surface area contributed by atoms with Gasteiger partial charge in [0.2, 0.25) is 0 Å². The molecule has 88 valence electrons. The number of carbonyl (C=O) groups is 1. The highest BCUT2D eigenvalue weighted by Crippen LogP contribution is 2.64. The van der Waals surface area contributed by atoms with Crippen LogP contribution >= 0.6 is 0 Å². The van der Waals surface area contributed by atoms with Crippen molar-refractivity contribution >= 4 is 11.6 Å². The third-order valence-electron chi connectivity index (χ3n) is 3.96. The number of fused-ring (bicyclic) bond motifs is 1. The van der Waals surface area contributed by atoms with E-state index in [9.17, 15) is 9.90 Å². The van der Waals surface area contributed by atoms with Crippen molar-refractivity contribution in [2.75, 3.05) is 0 Å². The summed E-state index contributed by atoms with van der Waals surface area (Å²) in [5.41, 5.74) is 0.592. The summed E-state index contributed by atoms with van der Waals surface area (Å²) in [5, 5.41) is 9.53. The van der Waals surface area contributed by atoms with Crippen LogP contribution in [0, 0.1) is 5.41 Å². The molecule has 1 fully saturated rings. The average molecular weight is 230 g/mol. The molecule has 2 heterocycles. The van der Waals surface area contributed by atoms with Crippen molar-refractivity contribution in [3.05, 3.63) is 36.3 Å². The van der Waals surface area contributed by atoms with E-state index in [2.05, 4.69) is 4.98 Å². The van der Waals surface area contributed by atoms with Crippen LogP contribution < -0.4 is 0 Å². The second-order valence-corrected chi connectivity index (χ2v) is 5.34. The zero-order valence-electron chi connectivity index (χ0n) is 9.84. The maximum absolute atomic E-state index is 11.6. The van der Waals surface area contributed by atoms with Gasteiger partial charge in [0.05, 0.1) is 11.9 Å². The highest BCUT2D eigenvalue weighted by molar-refractivity contribution is 5.86. The Morgan fingerprint density at radius 1 is 1.47 bits per heavy atom. The molecule has 4 heteroatoms. The minimum atomic E-state index is -0.784. The van der Waals surface area contributed by atoms with Crippen LogP contribution in [0.2, 0.25) is 0 Å². The molecular formula is C13H14N2O2. The number of carboxylic acid groups (broad SMARTS) is 1. The first-order valence-electron chi connectivity index (χ1n) is 5.65. The Balaban J connectivity index is 2.25. The number of aliphatic carboxylic acids is 1. The summed E-state index contributed by atoms with van der Waals surface area (Å²) in [6.07, 6.45) is 4.23. The number of hydrogen-bond donors (Lipinski definition) is 1. The van der Waals surface area contributed by atoms with Gasteiger partial charge in [-0.05, 0) is 24.0 Å². The van der Waals surface area contributed by atoms with Gasteiger partial charge >= 0.3 is 5.97 Å². The van der Waals surface area contributed by atoms with Gasteiger partial charge in [0.1, 0.15) is 11.1 Å². The van der Waals surface area contributed by atoms with Gasteiger partial charge in [0, 0.05) is 6.20 Å². The highest BCUT2D eigenvalue weighted by Gasteiger charge is 2.69. The fourth-order valence-corrected chi connectivity index (χ4v) is 2.78. The first-order valence-corrected chi connectivity index (χ1v) is 5.65. The lowest BCUT2D eigenvalue weighted by Crippen LogP contribution is -2.27. The molecule has 1 aliphatic carbocycles. The van der Waals surface area contributed by atoms with Crippen LogP contribution in [-0.2, 0) is 10.2 Å². The van der Waals surface area contributed by atoms with E-state index < -0.39 is 11.4 Å². The summed E-state index contributed by atoms with van der Waals surface area (Å²) in [5.74, 6) is -0.756. The molecule has 17 heavy (non-hydrogen) atoms. The second kappa shape index (κ2) is 2.88. The van der Waals surface area contributed by atoms with E-state index in [1.807, 2.05) is 42.6 Å². The summed E-state index contributed by atoms with van der Waals surface area (Å²) in [4.78, 5) is 15.9. The SMILES string of the molecule is CC1(C)CC1(C(=O)O)c1cnc2ccccn12. The first kappa shape index (κ1) is 10.3. The minimum absolute atomic E-state index is 0.204. The molecule has 0 aliphatic heterocycles. The zero-order chi connectivity index (χ0) is 12.3. The van der Waals surface area contributed by atoms with Gasteiger partial charge in [-0.2, -0.15) is 0 Å². The van der Waals surface area contributed by atoms with E-state index in [4.69, 9.17) is 0 Å². The molecule has 1 aliphatic rings. The predicted molar refractivity (Wildman–Crippen MR) is 62.9 cm³/mol. The van der Waals surface area contributed by atoms with Gasteiger partial charge in [-0.15, -0.1) is 0 Å². The monoisotopic (exact) mass is 230 g/mol. The normalized spacial score (nSPS) is 26.0. The van der Waals surface area contributed by atoms with Crippen LogP contribution in [0.4, 0.5) is 0 Å². The lowest BCUT2D eigenvalue weighted by Gasteiger charge is -2.15. The molecule has 1 saturated carbocycles. The third kappa shape index (κ3) is 1.12. The van der Waals surface area contributed by atoms with Crippen molar-refractivity contribution in [1.82, 2.24) is 9.38 Å². The molecule has 0 radical (unpaired) electrons. The molecule has 4 nitrogen and oxygen atoms in total. The number of rotatable bonds is 2. The largest absolute Gasteiger partial charge is 0.481 e. The van der Waals surface area contributed by atoms with Crippen molar-refractivity contribution in [2.24, 2.45) is 5.41 Å². The van der Waals surface area contributed by atoms with Crippen LogP contribution in [0.15, 0.2) is 30.6 Å². The predicted octanol–water partition coefficient (Wildman–Crippen LogP) is 2.09. The van der Waals surface area contributed by atoms with Crippen LogP contribution in [-0.4, -0.2) is 20.5 Å². The standard InChI is InChI=1S/C13H14N2O2/c1-12(2)8-13(12,11(16)17)9-7-14-10-5-3-4-6-15(9)10/h3-7H,8H2,1-2H3,(H,16,17). The van der Waals surface area contributed by atoms with Gasteiger partial charge in [-0.1, -0.05) is 19.9 Å². The van der Waals surface area contributed by atoms with Crippen LogP contribution in [0.3, 0.4) is 0 Å². The third-order valence-corrected chi connectivity index (χ3v) is 3.96. The first-order chi connectivity index (χ1) is 7.99. The van der Waals surface area contributed by atoms with Gasteiger partial charge in [0.25, 0.3) is 0 Å². The molecular weight excluding hydrogens is 216 g/mol. The zero-order valence-corrected chi connectivity index (χ0v) is 9.84. The molecule has 1 unspecified atom stereocenters. The van der Waals surface area contributed by atoms with Crippen molar-refractivity contribution in [3.8, 4) is 0 Å². The summed E-state index contributed by atoms with van der Waals surface area (Å²) >= 11 is 0. The number of pyridine rings is 1. The molecule has 3 rings (SSSR count). The van der Waals surface area contributed by atoms with Crippen molar-refractivity contribution < 1.29 is 9.90 Å². The van der Waals surface area contributed by atoms with E-state index in [0.717, 1.165) is 11.3 Å². The Kier molecular flexibility index (Phi) is 1.75. The van der Waals surface area contributed by atoms with Crippen LogP contribution in [0.25, 0.3) is 5.65 Å².